The van der Waals surface area contributed by atoms with Gasteiger partial charge >= 0.3 is 5.97 Å². The zero-order valence-corrected chi connectivity index (χ0v) is 18.3. The van der Waals surface area contributed by atoms with E-state index in [9.17, 15) is 9.90 Å². The van der Waals surface area contributed by atoms with Gasteiger partial charge in [0, 0.05) is 16.4 Å². The molecule has 0 saturated heterocycles. The fourth-order valence-electron chi connectivity index (χ4n) is 3.27. The highest BCUT2D eigenvalue weighted by atomic mass is 32.2. The molecule has 0 fully saturated rings. The minimum absolute atomic E-state index is 0.461. The van der Waals surface area contributed by atoms with E-state index in [1.807, 2.05) is 42.7 Å². The Kier molecular flexibility index (Phi) is 7.39. The van der Waals surface area contributed by atoms with E-state index in [1.54, 1.807) is 37.6 Å². The van der Waals surface area contributed by atoms with Crippen molar-refractivity contribution in [2.24, 2.45) is 15.9 Å². The molecule has 0 aromatic heterocycles. The standard InChI is InChI=1S/C22H24N2O3S2/c1-14-19(21(25)26)20(17-6-4-5-7-18(17)28-3)24-22(23-14)29-13-12-15-8-10-16(27-2)11-9-15/h4-11,19-20H,12-13H2,1-3H3,(H,25,26). The van der Waals surface area contributed by atoms with Crippen LogP contribution < -0.4 is 4.74 Å². The van der Waals surface area contributed by atoms with Gasteiger partial charge in [0.1, 0.15) is 11.7 Å². The lowest BCUT2D eigenvalue weighted by Crippen LogP contribution is -2.31. The summed E-state index contributed by atoms with van der Waals surface area (Å²) >= 11 is 3.17. The van der Waals surface area contributed by atoms with Crippen molar-refractivity contribution < 1.29 is 14.6 Å². The van der Waals surface area contributed by atoms with Crippen LogP contribution in [-0.4, -0.2) is 41.1 Å². The summed E-state index contributed by atoms with van der Waals surface area (Å²) in [4.78, 5) is 22.2. The number of hydrogen-bond acceptors (Lipinski definition) is 6. The van der Waals surface area contributed by atoms with Crippen molar-refractivity contribution in [3.05, 3.63) is 59.7 Å². The average Bonchev–Trinajstić information content (AvgIpc) is 2.73. The Hall–Kier alpha value is -2.25. The van der Waals surface area contributed by atoms with Gasteiger partial charge in [-0.05, 0) is 48.9 Å². The molecular formula is C22H24N2O3S2. The Morgan fingerprint density at radius 3 is 2.55 bits per heavy atom. The quantitative estimate of drug-likeness (QED) is 0.631. The molecule has 1 aliphatic heterocycles. The molecular weight excluding hydrogens is 404 g/mol. The van der Waals surface area contributed by atoms with Gasteiger partial charge in [-0.15, -0.1) is 11.8 Å². The summed E-state index contributed by atoms with van der Waals surface area (Å²) in [6.07, 6.45) is 2.86. The minimum Gasteiger partial charge on any atom is -0.497 e. The highest BCUT2D eigenvalue weighted by Gasteiger charge is 2.36. The molecule has 5 nitrogen and oxygen atoms in total. The largest absolute Gasteiger partial charge is 0.497 e. The maximum atomic E-state index is 11.9. The molecule has 1 N–H and O–H groups in total. The first-order chi connectivity index (χ1) is 14.0. The van der Waals surface area contributed by atoms with E-state index < -0.39 is 17.9 Å². The van der Waals surface area contributed by atoms with Gasteiger partial charge in [-0.2, -0.15) is 0 Å². The van der Waals surface area contributed by atoms with Gasteiger partial charge in [-0.3, -0.25) is 9.79 Å². The molecule has 0 radical (unpaired) electrons. The Balaban J connectivity index is 1.77. The smallest absolute Gasteiger partial charge is 0.314 e. The van der Waals surface area contributed by atoms with E-state index in [4.69, 9.17) is 9.73 Å². The Morgan fingerprint density at radius 1 is 1.17 bits per heavy atom. The predicted octanol–water partition coefficient (Wildman–Crippen LogP) is 4.97. The monoisotopic (exact) mass is 428 g/mol. The molecule has 0 saturated carbocycles. The maximum absolute atomic E-state index is 11.9. The van der Waals surface area contributed by atoms with Crippen LogP contribution in [0.25, 0.3) is 0 Å². The van der Waals surface area contributed by atoms with E-state index in [1.165, 1.54) is 5.56 Å². The van der Waals surface area contributed by atoms with Crippen LogP contribution >= 0.6 is 23.5 Å². The number of hydrogen-bond donors (Lipinski definition) is 1. The normalized spacial score (nSPS) is 18.7. The molecule has 0 amide bonds. The van der Waals surface area contributed by atoms with Crippen molar-refractivity contribution in [3.8, 4) is 5.75 Å². The lowest BCUT2D eigenvalue weighted by molar-refractivity contribution is -0.140. The number of aryl methyl sites for hydroxylation is 1. The first-order valence-electron chi connectivity index (χ1n) is 9.28. The second kappa shape index (κ2) is 9.98. The number of aliphatic imine (C=N–C) groups is 2. The van der Waals surface area contributed by atoms with Crippen molar-refractivity contribution in [2.45, 2.75) is 24.3 Å². The Labute approximate surface area is 179 Å². The number of thioether (sulfide) groups is 2. The summed E-state index contributed by atoms with van der Waals surface area (Å²) in [5, 5.41) is 10.4. The summed E-state index contributed by atoms with van der Waals surface area (Å²) in [5.74, 6) is 0.0251. The fraction of sp³-hybridized carbons (Fsp3) is 0.318. The number of benzene rings is 2. The number of carboxylic acids is 1. The number of ether oxygens (including phenoxy) is 1. The van der Waals surface area contributed by atoms with Gasteiger partial charge < -0.3 is 9.84 Å². The molecule has 1 heterocycles. The van der Waals surface area contributed by atoms with Gasteiger partial charge in [0.25, 0.3) is 0 Å². The Bertz CT molecular complexity index is 926. The predicted molar refractivity (Wildman–Crippen MR) is 122 cm³/mol. The first kappa shape index (κ1) is 21.5. The van der Waals surface area contributed by atoms with Crippen LogP contribution in [0.1, 0.15) is 24.1 Å². The summed E-state index contributed by atoms with van der Waals surface area (Å²) in [6, 6.07) is 15.4. The second-order valence-electron chi connectivity index (χ2n) is 6.61. The fourth-order valence-corrected chi connectivity index (χ4v) is 4.82. The van der Waals surface area contributed by atoms with E-state index in [0.29, 0.717) is 10.9 Å². The number of methoxy groups -OCH3 is 1. The number of aliphatic carboxylic acids is 1. The van der Waals surface area contributed by atoms with Crippen LogP contribution in [0.5, 0.6) is 5.75 Å². The van der Waals surface area contributed by atoms with E-state index in [0.717, 1.165) is 28.4 Å². The van der Waals surface area contributed by atoms with Crippen LogP contribution in [0.4, 0.5) is 0 Å². The summed E-state index contributed by atoms with van der Waals surface area (Å²) < 4.78 is 5.19. The molecule has 0 aliphatic carbocycles. The third kappa shape index (κ3) is 5.22. The summed E-state index contributed by atoms with van der Waals surface area (Å²) in [7, 11) is 1.66. The van der Waals surface area contributed by atoms with Gasteiger partial charge in [0.05, 0.1) is 13.2 Å². The number of carboxylic acid groups (broad SMARTS) is 1. The lowest BCUT2D eigenvalue weighted by Gasteiger charge is -2.26. The van der Waals surface area contributed by atoms with Crippen molar-refractivity contribution in [3.63, 3.8) is 0 Å². The van der Waals surface area contributed by atoms with Crippen molar-refractivity contribution >= 4 is 40.4 Å². The van der Waals surface area contributed by atoms with Crippen LogP contribution in [0.3, 0.4) is 0 Å². The van der Waals surface area contributed by atoms with E-state index >= 15 is 0 Å². The molecule has 29 heavy (non-hydrogen) atoms. The van der Waals surface area contributed by atoms with Gasteiger partial charge in [0.15, 0.2) is 5.17 Å². The Morgan fingerprint density at radius 2 is 1.90 bits per heavy atom. The van der Waals surface area contributed by atoms with Crippen LogP contribution in [0.15, 0.2) is 63.4 Å². The topological polar surface area (TPSA) is 71.2 Å². The average molecular weight is 429 g/mol. The van der Waals surface area contributed by atoms with Gasteiger partial charge in [-0.25, -0.2) is 4.99 Å². The van der Waals surface area contributed by atoms with Crippen molar-refractivity contribution in [1.82, 2.24) is 0 Å². The highest BCUT2D eigenvalue weighted by Crippen LogP contribution is 2.37. The third-order valence-corrected chi connectivity index (χ3v) is 6.47. The molecule has 2 atom stereocenters. The molecule has 152 valence electrons. The molecule has 2 unspecified atom stereocenters. The van der Waals surface area contributed by atoms with Gasteiger partial charge in [-0.1, -0.05) is 42.1 Å². The first-order valence-corrected chi connectivity index (χ1v) is 11.5. The minimum atomic E-state index is -0.891. The number of carbonyl (C=O) groups is 1. The second-order valence-corrected chi connectivity index (χ2v) is 8.52. The van der Waals surface area contributed by atoms with Crippen LogP contribution in [0, 0.1) is 5.92 Å². The summed E-state index contributed by atoms with van der Waals surface area (Å²) in [6.45, 7) is 1.78. The zero-order valence-electron chi connectivity index (χ0n) is 16.7. The van der Waals surface area contributed by atoms with Crippen LogP contribution in [0.2, 0.25) is 0 Å². The van der Waals surface area contributed by atoms with Crippen molar-refractivity contribution in [2.75, 3.05) is 19.1 Å². The molecule has 1 aliphatic rings. The van der Waals surface area contributed by atoms with Crippen molar-refractivity contribution in [1.29, 1.82) is 0 Å². The number of amidine groups is 1. The van der Waals surface area contributed by atoms with Crippen LogP contribution in [-0.2, 0) is 11.2 Å². The molecule has 7 heteroatoms. The molecule has 0 bridgehead atoms. The molecule has 3 rings (SSSR count). The lowest BCUT2D eigenvalue weighted by atomic mass is 9.89. The number of rotatable bonds is 7. The maximum Gasteiger partial charge on any atom is 0.314 e. The highest BCUT2D eigenvalue weighted by molar-refractivity contribution is 8.13. The van der Waals surface area contributed by atoms with E-state index in [-0.39, 0.29) is 0 Å². The molecule has 2 aromatic carbocycles. The molecule has 0 spiro atoms. The SMILES string of the molecule is COc1ccc(CCSC2=NC(c3ccccc3SC)C(C(=O)O)C(C)=N2)cc1. The summed E-state index contributed by atoms with van der Waals surface area (Å²) in [5.41, 5.74) is 2.75. The zero-order chi connectivity index (χ0) is 20.8. The number of nitrogens with zero attached hydrogens (tertiary/aromatic N) is 2. The van der Waals surface area contributed by atoms with Gasteiger partial charge in [0.2, 0.25) is 0 Å². The molecule has 2 aromatic rings. The van der Waals surface area contributed by atoms with E-state index in [2.05, 4.69) is 17.1 Å². The third-order valence-electron chi connectivity index (χ3n) is 4.79.